The number of anilines is 1. The van der Waals surface area contributed by atoms with Gasteiger partial charge in [0.1, 0.15) is 0 Å². The lowest BCUT2D eigenvalue weighted by Gasteiger charge is -2.21. The van der Waals surface area contributed by atoms with E-state index in [4.69, 9.17) is 16.3 Å². The van der Waals surface area contributed by atoms with Crippen LogP contribution < -0.4 is 5.32 Å². The van der Waals surface area contributed by atoms with E-state index in [1.807, 2.05) is 19.1 Å². The number of carbonyl (C=O) groups excluding carboxylic acids is 3. The molecule has 2 rings (SSSR count). The van der Waals surface area contributed by atoms with E-state index in [9.17, 15) is 14.4 Å². The fraction of sp³-hybridized carbons (Fsp3) is 0.250. The molecule has 2 aromatic rings. The van der Waals surface area contributed by atoms with Gasteiger partial charge in [-0.15, -0.1) is 0 Å². The van der Waals surface area contributed by atoms with Crippen LogP contribution in [0.2, 0.25) is 5.02 Å². The highest BCUT2D eigenvalue weighted by Gasteiger charge is 2.24. The molecule has 1 atom stereocenters. The van der Waals surface area contributed by atoms with Crippen molar-refractivity contribution in [2.24, 2.45) is 0 Å². The van der Waals surface area contributed by atoms with Crippen LogP contribution in [-0.4, -0.2) is 42.4 Å². The minimum atomic E-state index is -1.05. The summed E-state index contributed by atoms with van der Waals surface area (Å²) in [6.07, 6.45) is -1.05. The van der Waals surface area contributed by atoms with Crippen molar-refractivity contribution in [2.45, 2.75) is 20.0 Å². The molecule has 2 aromatic carbocycles. The molecule has 0 saturated heterocycles. The summed E-state index contributed by atoms with van der Waals surface area (Å²) < 4.78 is 5.17. The molecule has 7 heteroatoms. The fourth-order valence-electron chi connectivity index (χ4n) is 2.34. The second-order valence-electron chi connectivity index (χ2n) is 6.14. The van der Waals surface area contributed by atoms with E-state index in [1.165, 1.54) is 24.9 Å². The number of amides is 2. The molecule has 0 heterocycles. The predicted molar refractivity (Wildman–Crippen MR) is 104 cm³/mol. The minimum absolute atomic E-state index is 0.166. The topological polar surface area (TPSA) is 75.7 Å². The summed E-state index contributed by atoms with van der Waals surface area (Å²) in [6.45, 7) is 3.23. The molecule has 0 radical (unpaired) electrons. The second-order valence-corrected chi connectivity index (χ2v) is 6.54. The quantitative estimate of drug-likeness (QED) is 0.770. The van der Waals surface area contributed by atoms with Crippen LogP contribution in [0.25, 0.3) is 0 Å². The van der Waals surface area contributed by atoms with Gasteiger partial charge in [0, 0.05) is 12.7 Å². The van der Waals surface area contributed by atoms with Gasteiger partial charge in [0.2, 0.25) is 5.91 Å². The molecule has 27 heavy (non-hydrogen) atoms. The van der Waals surface area contributed by atoms with Gasteiger partial charge in [-0.05, 0) is 38.1 Å². The maximum Gasteiger partial charge on any atom is 0.340 e. The Morgan fingerprint density at radius 3 is 2.37 bits per heavy atom. The van der Waals surface area contributed by atoms with E-state index in [2.05, 4.69) is 5.32 Å². The third kappa shape index (κ3) is 5.82. The smallest absolute Gasteiger partial charge is 0.340 e. The largest absolute Gasteiger partial charge is 0.449 e. The number of halogens is 1. The Kier molecular flexibility index (Phi) is 6.96. The van der Waals surface area contributed by atoms with Crippen molar-refractivity contribution < 1.29 is 19.1 Å². The third-order valence-corrected chi connectivity index (χ3v) is 4.15. The number of esters is 1. The van der Waals surface area contributed by atoms with Crippen molar-refractivity contribution in [3.63, 3.8) is 0 Å². The molecule has 6 nitrogen and oxygen atoms in total. The molecule has 1 N–H and O–H groups in total. The first-order valence-electron chi connectivity index (χ1n) is 8.35. The van der Waals surface area contributed by atoms with Crippen LogP contribution in [0.15, 0.2) is 48.5 Å². The molecule has 0 aliphatic rings. The molecule has 0 unspecified atom stereocenters. The molecule has 0 aliphatic heterocycles. The summed E-state index contributed by atoms with van der Waals surface area (Å²) in [5, 5.41) is 2.95. The number of hydrogen-bond donors (Lipinski definition) is 1. The SMILES string of the molecule is Cc1ccc(NC(=O)CN(C)C(=O)[C@@H](C)OC(=O)c2ccccc2Cl)cc1. The molecule has 2 amide bonds. The highest BCUT2D eigenvalue weighted by atomic mass is 35.5. The number of aryl methyl sites for hydroxylation is 1. The molecule has 142 valence electrons. The van der Waals surface area contributed by atoms with Crippen molar-refractivity contribution >= 4 is 35.1 Å². The summed E-state index contributed by atoms with van der Waals surface area (Å²) >= 11 is 5.95. The van der Waals surface area contributed by atoms with E-state index in [0.717, 1.165) is 5.56 Å². The van der Waals surface area contributed by atoms with Crippen LogP contribution in [0.5, 0.6) is 0 Å². The Hall–Kier alpha value is -2.86. The van der Waals surface area contributed by atoms with Crippen molar-refractivity contribution in [3.05, 3.63) is 64.7 Å². The number of benzene rings is 2. The normalized spacial score (nSPS) is 11.4. The van der Waals surface area contributed by atoms with Gasteiger partial charge in [-0.25, -0.2) is 4.79 Å². The van der Waals surface area contributed by atoms with Crippen molar-refractivity contribution in [1.82, 2.24) is 4.90 Å². The van der Waals surface area contributed by atoms with Gasteiger partial charge in [-0.1, -0.05) is 41.4 Å². The Morgan fingerprint density at radius 1 is 1.11 bits per heavy atom. The van der Waals surface area contributed by atoms with Crippen LogP contribution in [0.1, 0.15) is 22.8 Å². The number of nitrogens with one attached hydrogen (secondary N) is 1. The molecule has 0 spiro atoms. The van der Waals surface area contributed by atoms with Crippen molar-refractivity contribution in [3.8, 4) is 0 Å². The van der Waals surface area contributed by atoms with E-state index in [0.29, 0.717) is 5.69 Å². The maximum absolute atomic E-state index is 12.4. The minimum Gasteiger partial charge on any atom is -0.449 e. The maximum atomic E-state index is 12.4. The van der Waals surface area contributed by atoms with E-state index in [1.54, 1.807) is 30.3 Å². The Bertz CT molecular complexity index is 836. The highest BCUT2D eigenvalue weighted by Crippen LogP contribution is 2.17. The van der Waals surface area contributed by atoms with Crippen LogP contribution in [0.4, 0.5) is 5.69 Å². The predicted octanol–water partition coefficient (Wildman–Crippen LogP) is 3.29. The number of likely N-dealkylation sites (N-methyl/N-ethyl adjacent to an activating group) is 1. The van der Waals surface area contributed by atoms with E-state index in [-0.39, 0.29) is 23.0 Å². The van der Waals surface area contributed by atoms with Gasteiger partial charge in [-0.2, -0.15) is 0 Å². The van der Waals surface area contributed by atoms with Gasteiger partial charge < -0.3 is 15.0 Å². The molecule has 0 bridgehead atoms. The lowest BCUT2D eigenvalue weighted by Crippen LogP contribution is -2.41. The molecule has 0 saturated carbocycles. The zero-order valence-electron chi connectivity index (χ0n) is 15.4. The summed E-state index contributed by atoms with van der Waals surface area (Å²) in [5.74, 6) is -1.53. The molecular formula is C20H21ClN2O4. The average Bonchev–Trinajstić information content (AvgIpc) is 2.63. The molecule has 0 fully saturated rings. The first kappa shape index (κ1) is 20.5. The van der Waals surface area contributed by atoms with Crippen LogP contribution in [0.3, 0.4) is 0 Å². The van der Waals surface area contributed by atoms with Gasteiger partial charge in [0.15, 0.2) is 6.10 Å². The van der Waals surface area contributed by atoms with Crippen molar-refractivity contribution in [1.29, 1.82) is 0 Å². The zero-order valence-corrected chi connectivity index (χ0v) is 16.1. The summed E-state index contributed by atoms with van der Waals surface area (Å²) in [6, 6.07) is 13.7. The van der Waals surface area contributed by atoms with Gasteiger partial charge in [-0.3, -0.25) is 9.59 Å². The average molecular weight is 389 g/mol. The number of carbonyl (C=O) groups is 3. The standard InChI is InChI=1S/C20H21ClN2O4/c1-13-8-10-15(11-9-13)22-18(24)12-23(3)19(25)14(2)27-20(26)16-6-4-5-7-17(16)21/h4-11,14H,12H2,1-3H3,(H,22,24)/t14-/m1/s1. The van der Waals surface area contributed by atoms with Crippen LogP contribution >= 0.6 is 11.6 Å². The first-order chi connectivity index (χ1) is 12.8. The molecule has 0 aromatic heterocycles. The van der Waals surface area contributed by atoms with Gasteiger partial charge >= 0.3 is 5.97 Å². The fourth-order valence-corrected chi connectivity index (χ4v) is 2.56. The molecular weight excluding hydrogens is 368 g/mol. The Balaban J connectivity index is 1.89. The lowest BCUT2D eigenvalue weighted by molar-refractivity contribution is -0.140. The Labute approximate surface area is 163 Å². The van der Waals surface area contributed by atoms with Gasteiger partial charge in [0.25, 0.3) is 5.91 Å². The van der Waals surface area contributed by atoms with Crippen LogP contribution in [-0.2, 0) is 14.3 Å². The molecule has 0 aliphatic carbocycles. The summed E-state index contributed by atoms with van der Waals surface area (Å²) in [5.41, 5.74) is 1.90. The number of rotatable bonds is 6. The van der Waals surface area contributed by atoms with Crippen LogP contribution in [0, 0.1) is 6.92 Å². The van der Waals surface area contributed by atoms with E-state index >= 15 is 0 Å². The van der Waals surface area contributed by atoms with Crippen molar-refractivity contribution in [2.75, 3.05) is 18.9 Å². The first-order valence-corrected chi connectivity index (χ1v) is 8.72. The summed E-state index contributed by atoms with van der Waals surface area (Å²) in [7, 11) is 1.47. The third-order valence-electron chi connectivity index (χ3n) is 3.82. The Morgan fingerprint density at radius 2 is 1.74 bits per heavy atom. The number of nitrogens with zero attached hydrogens (tertiary/aromatic N) is 1. The number of ether oxygens (including phenoxy) is 1. The number of hydrogen-bond acceptors (Lipinski definition) is 4. The zero-order chi connectivity index (χ0) is 20.0. The monoisotopic (exact) mass is 388 g/mol. The highest BCUT2D eigenvalue weighted by molar-refractivity contribution is 6.33. The summed E-state index contributed by atoms with van der Waals surface area (Å²) in [4.78, 5) is 37.8. The van der Waals surface area contributed by atoms with E-state index < -0.39 is 18.0 Å². The second kappa shape index (κ2) is 9.19. The van der Waals surface area contributed by atoms with Gasteiger partial charge in [0.05, 0.1) is 17.1 Å². The lowest BCUT2D eigenvalue weighted by atomic mass is 10.2.